The normalized spacial score (nSPS) is 10.5. The van der Waals surface area contributed by atoms with Crippen LogP contribution in [-0.2, 0) is 6.54 Å². The van der Waals surface area contributed by atoms with E-state index in [2.05, 4.69) is 15.5 Å². The van der Waals surface area contributed by atoms with Crippen molar-refractivity contribution in [1.82, 2.24) is 14.8 Å². The minimum absolute atomic E-state index is 0.00690. The van der Waals surface area contributed by atoms with Gasteiger partial charge in [-0.25, -0.2) is 4.39 Å². The molecule has 2 aromatic carbocycles. The fraction of sp³-hybridized carbons (Fsp3) is 0.211. The Morgan fingerprint density at radius 3 is 2.44 bits per heavy atom. The molecule has 27 heavy (non-hydrogen) atoms. The Kier molecular flexibility index (Phi) is 5.35. The molecule has 0 fully saturated rings. The summed E-state index contributed by atoms with van der Waals surface area (Å²) in [5, 5.41) is 10.5. The van der Waals surface area contributed by atoms with Gasteiger partial charge in [-0.1, -0.05) is 12.1 Å². The van der Waals surface area contributed by atoms with Crippen LogP contribution < -0.4 is 14.8 Å². The molecule has 0 unspecified atom stereocenters. The molecule has 0 aliphatic rings. The average Bonchev–Trinajstić information content (AvgIpc) is 3.18. The van der Waals surface area contributed by atoms with Crippen LogP contribution in [0.2, 0.25) is 0 Å². The summed E-state index contributed by atoms with van der Waals surface area (Å²) in [7, 11) is 2.85. The molecule has 8 heteroatoms. The van der Waals surface area contributed by atoms with Crippen molar-refractivity contribution < 1.29 is 18.7 Å². The van der Waals surface area contributed by atoms with Crippen LogP contribution in [0.15, 0.2) is 42.7 Å². The molecular weight excluding hydrogens is 351 g/mol. The topological polar surface area (TPSA) is 78.3 Å². The van der Waals surface area contributed by atoms with Gasteiger partial charge >= 0.3 is 0 Å². The molecule has 0 spiro atoms. The molecule has 0 radical (unpaired) electrons. The largest absolute Gasteiger partial charge is 0.493 e. The number of nitrogens with one attached hydrogen (secondary N) is 1. The fourth-order valence-corrected chi connectivity index (χ4v) is 2.63. The maximum atomic E-state index is 14.2. The number of aromatic nitrogens is 3. The van der Waals surface area contributed by atoms with Gasteiger partial charge in [-0.15, -0.1) is 10.2 Å². The van der Waals surface area contributed by atoms with Crippen molar-refractivity contribution in [2.75, 3.05) is 19.5 Å². The molecule has 1 N–H and O–H groups in total. The number of nitrogens with zero attached hydrogens (tertiary/aromatic N) is 3. The van der Waals surface area contributed by atoms with Crippen molar-refractivity contribution in [3.05, 3.63) is 54.1 Å². The molecule has 0 saturated heterocycles. The smallest absolute Gasteiger partial charge is 0.255 e. The van der Waals surface area contributed by atoms with E-state index in [1.807, 2.05) is 11.5 Å². The number of carbonyl (C=O) groups is 1. The molecule has 0 atom stereocenters. The van der Waals surface area contributed by atoms with E-state index in [0.29, 0.717) is 11.3 Å². The highest BCUT2D eigenvalue weighted by Gasteiger charge is 2.15. The third-order valence-electron chi connectivity index (χ3n) is 4.08. The summed E-state index contributed by atoms with van der Waals surface area (Å²) in [4.78, 5) is 12.5. The Bertz CT molecular complexity index is 954. The molecule has 3 rings (SSSR count). The van der Waals surface area contributed by atoms with Gasteiger partial charge in [-0.05, 0) is 19.1 Å². The number of hydrogen-bond donors (Lipinski definition) is 1. The number of hydrogen-bond acceptors (Lipinski definition) is 5. The minimum Gasteiger partial charge on any atom is -0.493 e. The average molecular weight is 370 g/mol. The maximum Gasteiger partial charge on any atom is 0.255 e. The Balaban J connectivity index is 1.81. The highest BCUT2D eigenvalue weighted by molar-refractivity contribution is 6.04. The number of aryl methyl sites for hydroxylation is 1. The van der Waals surface area contributed by atoms with Crippen LogP contribution >= 0.6 is 0 Å². The Morgan fingerprint density at radius 2 is 1.81 bits per heavy atom. The Labute approximate surface area is 155 Å². The molecule has 0 aliphatic carbocycles. The lowest BCUT2D eigenvalue weighted by molar-refractivity contribution is 0.102. The molecule has 3 aromatic rings. The van der Waals surface area contributed by atoms with Crippen molar-refractivity contribution in [1.29, 1.82) is 0 Å². The summed E-state index contributed by atoms with van der Waals surface area (Å²) in [5.41, 5.74) is 1.23. The van der Waals surface area contributed by atoms with E-state index in [1.165, 1.54) is 20.3 Å². The second-order valence-corrected chi connectivity index (χ2v) is 5.66. The highest BCUT2D eigenvalue weighted by Crippen LogP contribution is 2.32. The Morgan fingerprint density at radius 1 is 1.15 bits per heavy atom. The monoisotopic (exact) mass is 370 g/mol. The predicted molar refractivity (Wildman–Crippen MR) is 98.6 cm³/mol. The van der Waals surface area contributed by atoms with Crippen molar-refractivity contribution in [2.24, 2.45) is 0 Å². The van der Waals surface area contributed by atoms with E-state index in [0.717, 1.165) is 24.0 Å². The summed E-state index contributed by atoms with van der Waals surface area (Å²) >= 11 is 0. The molecule has 7 nitrogen and oxygen atoms in total. The first-order chi connectivity index (χ1) is 13.1. The number of amides is 1. The van der Waals surface area contributed by atoms with Crippen LogP contribution in [0.25, 0.3) is 11.4 Å². The second kappa shape index (κ2) is 7.86. The van der Waals surface area contributed by atoms with Crippen LogP contribution in [0, 0.1) is 5.82 Å². The molecule has 1 heterocycles. The van der Waals surface area contributed by atoms with E-state index < -0.39 is 11.7 Å². The van der Waals surface area contributed by atoms with Gasteiger partial charge in [-0.3, -0.25) is 4.79 Å². The van der Waals surface area contributed by atoms with Crippen LogP contribution in [0.3, 0.4) is 0 Å². The molecular formula is C19H19FN4O3. The number of halogens is 1. The summed E-state index contributed by atoms with van der Waals surface area (Å²) in [5.74, 6) is 0.231. The molecule has 1 aromatic heterocycles. The quantitative estimate of drug-likeness (QED) is 0.720. The number of carbonyl (C=O) groups excluding carboxylic acids is 1. The summed E-state index contributed by atoms with van der Waals surface area (Å²) in [6.07, 6.45) is 1.65. The standard InChI is InChI=1S/C19H19FN4O3/c1-4-24-11-21-23-18(24)12-5-7-13(8-6-12)19(25)22-15-10-17(27-3)16(26-2)9-14(15)20/h5-11H,4H2,1-3H3,(H,22,25). The van der Waals surface area contributed by atoms with Crippen molar-refractivity contribution in [2.45, 2.75) is 13.5 Å². The van der Waals surface area contributed by atoms with Gasteiger partial charge in [0.05, 0.1) is 19.9 Å². The number of ether oxygens (including phenoxy) is 2. The van der Waals surface area contributed by atoms with Gasteiger partial charge in [0.25, 0.3) is 5.91 Å². The first-order valence-corrected chi connectivity index (χ1v) is 8.28. The van der Waals surface area contributed by atoms with Crippen molar-refractivity contribution in [3.63, 3.8) is 0 Å². The third-order valence-corrected chi connectivity index (χ3v) is 4.08. The lowest BCUT2D eigenvalue weighted by Crippen LogP contribution is -2.13. The van der Waals surface area contributed by atoms with Crippen molar-refractivity contribution in [3.8, 4) is 22.9 Å². The first-order valence-electron chi connectivity index (χ1n) is 8.28. The number of benzene rings is 2. The zero-order valence-corrected chi connectivity index (χ0v) is 15.2. The van der Waals surface area contributed by atoms with Gasteiger partial charge in [0.15, 0.2) is 23.1 Å². The van der Waals surface area contributed by atoms with Gasteiger partial charge in [0, 0.05) is 29.8 Å². The lowest BCUT2D eigenvalue weighted by atomic mass is 10.1. The van der Waals surface area contributed by atoms with E-state index in [1.54, 1.807) is 30.6 Å². The van der Waals surface area contributed by atoms with E-state index in [-0.39, 0.29) is 11.4 Å². The minimum atomic E-state index is -0.617. The molecule has 0 bridgehead atoms. The first kappa shape index (κ1) is 18.4. The third kappa shape index (κ3) is 3.74. The summed E-state index contributed by atoms with van der Waals surface area (Å²) in [6.45, 7) is 2.73. The lowest BCUT2D eigenvalue weighted by Gasteiger charge is -2.12. The predicted octanol–water partition coefficient (Wildman–Crippen LogP) is 3.37. The molecule has 1 amide bonds. The van der Waals surface area contributed by atoms with Gasteiger partial charge in [-0.2, -0.15) is 0 Å². The number of anilines is 1. The SMILES string of the molecule is CCn1cnnc1-c1ccc(C(=O)Nc2cc(OC)c(OC)cc2F)cc1. The molecule has 140 valence electrons. The number of methoxy groups -OCH3 is 2. The van der Waals surface area contributed by atoms with E-state index >= 15 is 0 Å². The van der Waals surface area contributed by atoms with Crippen LogP contribution in [-0.4, -0.2) is 34.9 Å². The van der Waals surface area contributed by atoms with Crippen LogP contribution in [0.4, 0.5) is 10.1 Å². The van der Waals surface area contributed by atoms with Gasteiger partial charge in [0.1, 0.15) is 6.33 Å². The maximum absolute atomic E-state index is 14.2. The molecule has 0 saturated carbocycles. The van der Waals surface area contributed by atoms with Gasteiger partial charge in [0.2, 0.25) is 0 Å². The highest BCUT2D eigenvalue weighted by atomic mass is 19.1. The summed E-state index contributed by atoms with van der Waals surface area (Å²) in [6, 6.07) is 9.39. The van der Waals surface area contributed by atoms with E-state index in [9.17, 15) is 9.18 Å². The second-order valence-electron chi connectivity index (χ2n) is 5.66. The van der Waals surface area contributed by atoms with Crippen LogP contribution in [0.5, 0.6) is 11.5 Å². The Hall–Kier alpha value is -3.42. The zero-order chi connectivity index (χ0) is 19.4. The van der Waals surface area contributed by atoms with Gasteiger partial charge < -0.3 is 19.4 Å². The zero-order valence-electron chi connectivity index (χ0n) is 15.2. The van der Waals surface area contributed by atoms with E-state index in [4.69, 9.17) is 9.47 Å². The van der Waals surface area contributed by atoms with Crippen LogP contribution in [0.1, 0.15) is 17.3 Å². The fourth-order valence-electron chi connectivity index (χ4n) is 2.63. The van der Waals surface area contributed by atoms with Crippen molar-refractivity contribution >= 4 is 11.6 Å². The summed E-state index contributed by atoms with van der Waals surface area (Å²) < 4.78 is 26.3. The molecule has 0 aliphatic heterocycles. The number of rotatable bonds is 6.